The first-order chi connectivity index (χ1) is 8.63. The van der Waals surface area contributed by atoms with Crippen LogP contribution in [0.1, 0.15) is 51.4 Å². The van der Waals surface area contributed by atoms with Crippen LogP contribution in [-0.2, 0) is 4.79 Å². The van der Waals surface area contributed by atoms with Crippen molar-refractivity contribution in [3.8, 4) is 0 Å². The van der Waals surface area contributed by atoms with Gasteiger partial charge in [-0.25, -0.2) is 0 Å². The van der Waals surface area contributed by atoms with Crippen molar-refractivity contribution in [1.29, 1.82) is 0 Å². The monoisotopic (exact) mass is 254 g/mol. The number of nitrogens with zero attached hydrogens (tertiary/aromatic N) is 1. The molecule has 0 spiro atoms. The molecule has 104 valence electrons. The summed E-state index contributed by atoms with van der Waals surface area (Å²) in [5.41, 5.74) is 6.07. The number of nitrogens with two attached hydrogens (primary N) is 1. The Morgan fingerprint density at radius 3 is 2.67 bits per heavy atom. The fraction of sp³-hybridized carbons (Fsp3) is 0.929. The predicted molar refractivity (Wildman–Crippen MR) is 71.0 cm³/mol. The Hall–Kier alpha value is -0.610. The van der Waals surface area contributed by atoms with Gasteiger partial charge in [0, 0.05) is 31.7 Å². The van der Waals surface area contributed by atoms with Crippen molar-refractivity contribution in [2.24, 2.45) is 11.7 Å². The number of rotatable bonds is 3. The molecule has 1 atom stereocenters. The van der Waals surface area contributed by atoms with Crippen LogP contribution < -0.4 is 5.73 Å². The molecule has 1 unspecified atom stereocenters. The average molecular weight is 254 g/mol. The number of hydrogen-bond donors (Lipinski definition) is 2. The van der Waals surface area contributed by atoms with Crippen LogP contribution in [0.3, 0.4) is 0 Å². The average Bonchev–Trinajstić information content (AvgIpc) is 2.39. The highest BCUT2D eigenvalue weighted by atomic mass is 16.3. The molecule has 0 bridgehead atoms. The van der Waals surface area contributed by atoms with E-state index in [2.05, 4.69) is 0 Å². The third kappa shape index (κ3) is 3.45. The molecule has 1 saturated heterocycles. The summed E-state index contributed by atoms with van der Waals surface area (Å²) in [5.74, 6) is 0.459. The minimum absolute atomic E-state index is 0.192. The van der Waals surface area contributed by atoms with E-state index in [0.717, 1.165) is 45.1 Å². The standard InChI is InChI=1S/C14H26N2O2/c15-14(6-2-1-3-7-14)9-13(18)16-8-4-5-12(10-16)11-17/h12,17H,1-11,15H2. The van der Waals surface area contributed by atoms with Gasteiger partial charge >= 0.3 is 0 Å². The number of carbonyl (C=O) groups excluding carboxylic acids is 1. The summed E-state index contributed by atoms with van der Waals surface area (Å²) in [6.45, 7) is 1.74. The predicted octanol–water partition coefficient (Wildman–Crippen LogP) is 1.27. The Morgan fingerprint density at radius 1 is 1.28 bits per heavy atom. The summed E-state index contributed by atoms with van der Waals surface area (Å²) < 4.78 is 0. The van der Waals surface area contributed by atoms with Gasteiger partial charge in [0.05, 0.1) is 0 Å². The molecule has 1 aliphatic carbocycles. The minimum atomic E-state index is -0.262. The van der Waals surface area contributed by atoms with Crippen LogP contribution in [0.15, 0.2) is 0 Å². The highest BCUT2D eigenvalue weighted by molar-refractivity contribution is 5.77. The van der Waals surface area contributed by atoms with E-state index in [-0.39, 0.29) is 24.0 Å². The molecule has 1 saturated carbocycles. The molecule has 2 rings (SSSR count). The van der Waals surface area contributed by atoms with Crippen molar-refractivity contribution in [2.75, 3.05) is 19.7 Å². The summed E-state index contributed by atoms with van der Waals surface area (Å²) in [6, 6.07) is 0. The minimum Gasteiger partial charge on any atom is -0.396 e. The maximum Gasteiger partial charge on any atom is 0.224 e. The number of carbonyl (C=O) groups is 1. The fourth-order valence-electron chi connectivity index (χ4n) is 3.29. The Labute approximate surface area is 110 Å². The second kappa shape index (κ2) is 6.02. The number of aliphatic hydroxyl groups excluding tert-OH is 1. The van der Waals surface area contributed by atoms with E-state index in [4.69, 9.17) is 5.73 Å². The molecular weight excluding hydrogens is 228 g/mol. The SMILES string of the molecule is NC1(CC(=O)N2CCCC(CO)C2)CCCCC1. The van der Waals surface area contributed by atoms with Crippen LogP contribution in [0.2, 0.25) is 0 Å². The van der Waals surface area contributed by atoms with Gasteiger partial charge in [-0.1, -0.05) is 19.3 Å². The fourth-order valence-corrected chi connectivity index (χ4v) is 3.29. The van der Waals surface area contributed by atoms with Gasteiger partial charge in [0.1, 0.15) is 0 Å². The quantitative estimate of drug-likeness (QED) is 0.797. The number of piperidine rings is 1. The lowest BCUT2D eigenvalue weighted by Gasteiger charge is -2.37. The molecule has 1 amide bonds. The summed E-state index contributed by atoms with van der Waals surface area (Å²) in [6.07, 6.45) is 8.06. The Balaban J connectivity index is 1.86. The van der Waals surface area contributed by atoms with Crippen LogP contribution in [0.25, 0.3) is 0 Å². The third-order valence-electron chi connectivity index (χ3n) is 4.48. The molecule has 1 aliphatic heterocycles. The van der Waals surface area contributed by atoms with E-state index in [1.54, 1.807) is 0 Å². The molecule has 18 heavy (non-hydrogen) atoms. The van der Waals surface area contributed by atoms with Crippen LogP contribution in [0, 0.1) is 5.92 Å². The lowest BCUT2D eigenvalue weighted by atomic mass is 9.80. The molecule has 1 heterocycles. The van der Waals surface area contributed by atoms with E-state index in [9.17, 15) is 9.90 Å². The molecule has 4 heteroatoms. The number of amides is 1. The molecule has 2 fully saturated rings. The maximum absolute atomic E-state index is 12.3. The highest BCUT2D eigenvalue weighted by Gasteiger charge is 2.33. The van der Waals surface area contributed by atoms with Crippen molar-refractivity contribution in [3.63, 3.8) is 0 Å². The van der Waals surface area contributed by atoms with Crippen molar-refractivity contribution in [3.05, 3.63) is 0 Å². The van der Waals surface area contributed by atoms with E-state index < -0.39 is 0 Å². The van der Waals surface area contributed by atoms with E-state index in [1.165, 1.54) is 6.42 Å². The van der Waals surface area contributed by atoms with Crippen LogP contribution in [-0.4, -0.2) is 41.1 Å². The first-order valence-electron chi connectivity index (χ1n) is 7.30. The summed E-state index contributed by atoms with van der Waals surface area (Å²) in [7, 11) is 0. The van der Waals surface area contributed by atoms with E-state index >= 15 is 0 Å². The topological polar surface area (TPSA) is 66.6 Å². The summed E-state index contributed by atoms with van der Waals surface area (Å²) in [4.78, 5) is 14.2. The Bertz CT molecular complexity index is 288. The molecule has 3 N–H and O–H groups in total. The van der Waals surface area contributed by atoms with Crippen molar-refractivity contribution >= 4 is 5.91 Å². The lowest BCUT2D eigenvalue weighted by Crippen LogP contribution is -2.49. The number of hydrogen-bond acceptors (Lipinski definition) is 3. The second-order valence-electron chi connectivity index (χ2n) is 6.13. The van der Waals surface area contributed by atoms with Gasteiger partial charge in [-0.3, -0.25) is 4.79 Å². The molecule has 2 aliphatic rings. The molecule has 0 aromatic heterocycles. The Morgan fingerprint density at radius 2 is 2.00 bits per heavy atom. The number of likely N-dealkylation sites (tertiary alicyclic amines) is 1. The smallest absolute Gasteiger partial charge is 0.224 e. The zero-order chi connectivity index (χ0) is 13.0. The summed E-state index contributed by atoms with van der Waals surface area (Å²) in [5, 5.41) is 9.20. The zero-order valence-electron chi connectivity index (χ0n) is 11.2. The lowest BCUT2D eigenvalue weighted by molar-refractivity contribution is -0.134. The van der Waals surface area contributed by atoms with Crippen LogP contribution in [0.5, 0.6) is 0 Å². The van der Waals surface area contributed by atoms with Crippen molar-refractivity contribution in [1.82, 2.24) is 4.90 Å². The van der Waals surface area contributed by atoms with Gasteiger partial charge in [0.2, 0.25) is 5.91 Å². The first kappa shape index (κ1) is 13.8. The van der Waals surface area contributed by atoms with E-state index in [1.807, 2.05) is 4.90 Å². The van der Waals surface area contributed by atoms with Gasteiger partial charge in [-0.05, 0) is 31.6 Å². The van der Waals surface area contributed by atoms with Crippen molar-refractivity contribution in [2.45, 2.75) is 56.9 Å². The summed E-state index contributed by atoms with van der Waals surface area (Å²) >= 11 is 0. The van der Waals surface area contributed by atoms with Gasteiger partial charge in [0.25, 0.3) is 0 Å². The highest BCUT2D eigenvalue weighted by Crippen LogP contribution is 2.29. The van der Waals surface area contributed by atoms with Crippen LogP contribution in [0.4, 0.5) is 0 Å². The molecular formula is C14H26N2O2. The zero-order valence-corrected chi connectivity index (χ0v) is 11.2. The molecule has 4 nitrogen and oxygen atoms in total. The normalized spacial score (nSPS) is 28.1. The second-order valence-corrected chi connectivity index (χ2v) is 6.13. The van der Waals surface area contributed by atoms with Crippen LogP contribution >= 0.6 is 0 Å². The Kier molecular flexibility index (Phi) is 4.62. The molecule has 0 aromatic rings. The van der Waals surface area contributed by atoms with Gasteiger partial charge in [0.15, 0.2) is 0 Å². The third-order valence-corrected chi connectivity index (χ3v) is 4.48. The first-order valence-corrected chi connectivity index (χ1v) is 7.30. The molecule has 0 aromatic carbocycles. The van der Waals surface area contributed by atoms with Crippen molar-refractivity contribution < 1.29 is 9.90 Å². The maximum atomic E-state index is 12.3. The largest absolute Gasteiger partial charge is 0.396 e. The van der Waals surface area contributed by atoms with Gasteiger partial charge in [-0.2, -0.15) is 0 Å². The molecule has 0 radical (unpaired) electrons. The van der Waals surface area contributed by atoms with Gasteiger partial charge < -0.3 is 15.7 Å². The number of aliphatic hydroxyl groups is 1. The van der Waals surface area contributed by atoms with E-state index in [0.29, 0.717) is 13.0 Å². The van der Waals surface area contributed by atoms with Gasteiger partial charge in [-0.15, -0.1) is 0 Å².